The Labute approximate surface area is 166 Å². The van der Waals surface area contributed by atoms with Crippen molar-refractivity contribution in [1.29, 1.82) is 0 Å². The van der Waals surface area contributed by atoms with Gasteiger partial charge in [0.2, 0.25) is 0 Å². The van der Waals surface area contributed by atoms with E-state index < -0.39 is 23.9 Å². The summed E-state index contributed by atoms with van der Waals surface area (Å²) in [6.45, 7) is 0.0648. The number of ether oxygens (including phenoxy) is 1. The zero-order chi connectivity index (χ0) is 20.4. The lowest BCUT2D eigenvalue weighted by atomic mass is 9.98. The van der Waals surface area contributed by atoms with Crippen LogP contribution in [-0.2, 0) is 9.53 Å². The van der Waals surface area contributed by atoms with E-state index in [1.807, 2.05) is 48.5 Å². The Bertz CT molecular complexity index is 1040. The highest BCUT2D eigenvalue weighted by molar-refractivity contribution is 5.82. The summed E-state index contributed by atoms with van der Waals surface area (Å²) in [6, 6.07) is 19.5. The van der Waals surface area contributed by atoms with Crippen LogP contribution >= 0.6 is 0 Å². The maximum atomic E-state index is 13.4. The summed E-state index contributed by atoms with van der Waals surface area (Å²) in [5.74, 6) is -2.02. The second kappa shape index (κ2) is 7.75. The lowest BCUT2D eigenvalue weighted by Crippen LogP contribution is -2.34. The fourth-order valence-corrected chi connectivity index (χ4v) is 3.73. The molecule has 0 radical (unpaired) electrons. The third-order valence-electron chi connectivity index (χ3n) is 5.03. The number of benzene rings is 3. The van der Waals surface area contributed by atoms with Crippen LogP contribution in [0.2, 0.25) is 0 Å². The van der Waals surface area contributed by atoms with E-state index in [0.717, 1.165) is 28.3 Å². The van der Waals surface area contributed by atoms with E-state index in [1.165, 1.54) is 18.2 Å². The van der Waals surface area contributed by atoms with Crippen molar-refractivity contribution in [2.24, 2.45) is 0 Å². The summed E-state index contributed by atoms with van der Waals surface area (Å²) < 4.78 is 18.8. The monoisotopic (exact) mass is 391 g/mol. The molecule has 0 fully saturated rings. The highest BCUT2D eigenvalue weighted by Crippen LogP contribution is 2.44. The summed E-state index contributed by atoms with van der Waals surface area (Å²) in [4.78, 5) is 23.8. The number of carbonyl (C=O) groups excluding carboxylic acids is 1. The van der Waals surface area contributed by atoms with Crippen LogP contribution in [0.3, 0.4) is 0 Å². The first kappa shape index (κ1) is 18.7. The average Bonchev–Trinajstić information content (AvgIpc) is 3.04. The number of carboxylic acid groups (broad SMARTS) is 1. The Kier molecular flexibility index (Phi) is 4.99. The number of aliphatic carboxylic acids is 1. The number of rotatable bonds is 5. The van der Waals surface area contributed by atoms with Crippen LogP contribution in [-0.4, -0.2) is 23.8 Å². The Morgan fingerprint density at radius 3 is 2.17 bits per heavy atom. The SMILES string of the molecule is O=C(N[C@H](C(=O)O)c1cccc(F)c1)OCC1c2ccccc2-c2ccccc21. The molecule has 29 heavy (non-hydrogen) atoms. The molecular formula is C23H18FNO4. The van der Waals surface area contributed by atoms with Gasteiger partial charge in [0.05, 0.1) is 0 Å². The molecule has 2 N–H and O–H groups in total. The molecule has 1 atom stereocenters. The summed E-state index contributed by atoms with van der Waals surface area (Å²) in [6.07, 6.45) is -0.872. The number of fused-ring (bicyclic) bond motifs is 3. The van der Waals surface area contributed by atoms with Gasteiger partial charge in [0.1, 0.15) is 12.4 Å². The molecule has 0 unspecified atom stereocenters. The van der Waals surface area contributed by atoms with Crippen molar-refractivity contribution >= 4 is 12.1 Å². The van der Waals surface area contributed by atoms with E-state index >= 15 is 0 Å². The summed E-state index contributed by atoms with van der Waals surface area (Å²) in [5.41, 5.74) is 4.44. The molecule has 0 aliphatic heterocycles. The molecule has 1 aliphatic carbocycles. The molecule has 4 rings (SSSR count). The molecule has 0 aromatic heterocycles. The minimum absolute atomic E-state index is 0.0648. The standard InChI is InChI=1S/C23H18FNO4/c24-15-7-5-6-14(12-15)21(22(26)27)25-23(28)29-13-20-18-10-3-1-8-16(18)17-9-2-4-11-19(17)20/h1-12,20-21H,13H2,(H,25,28)(H,26,27)/t21-/m0/s1. The van der Waals surface area contributed by atoms with Gasteiger partial charge < -0.3 is 15.2 Å². The first-order valence-electron chi connectivity index (χ1n) is 9.14. The number of halogens is 1. The van der Waals surface area contributed by atoms with Gasteiger partial charge in [0.15, 0.2) is 6.04 Å². The van der Waals surface area contributed by atoms with E-state index in [0.29, 0.717) is 0 Å². The van der Waals surface area contributed by atoms with Crippen LogP contribution in [0.4, 0.5) is 9.18 Å². The topological polar surface area (TPSA) is 75.6 Å². The third kappa shape index (κ3) is 3.69. The van der Waals surface area contributed by atoms with Crippen LogP contribution in [0.25, 0.3) is 11.1 Å². The van der Waals surface area contributed by atoms with Gasteiger partial charge in [-0.25, -0.2) is 14.0 Å². The molecular weight excluding hydrogens is 373 g/mol. The Hall–Kier alpha value is -3.67. The molecule has 3 aromatic carbocycles. The minimum atomic E-state index is -1.40. The quantitative estimate of drug-likeness (QED) is 0.672. The average molecular weight is 391 g/mol. The molecule has 0 bridgehead atoms. The van der Waals surface area contributed by atoms with Crippen molar-refractivity contribution in [1.82, 2.24) is 5.32 Å². The number of nitrogens with one attached hydrogen (secondary N) is 1. The number of carbonyl (C=O) groups is 2. The van der Waals surface area contributed by atoms with Crippen molar-refractivity contribution in [3.05, 3.63) is 95.3 Å². The van der Waals surface area contributed by atoms with Gasteiger partial charge >= 0.3 is 12.1 Å². The first-order valence-corrected chi connectivity index (χ1v) is 9.14. The predicted octanol–water partition coefficient (Wildman–Crippen LogP) is 4.49. The second-order valence-electron chi connectivity index (χ2n) is 6.80. The van der Waals surface area contributed by atoms with Crippen molar-refractivity contribution in [2.75, 3.05) is 6.61 Å². The van der Waals surface area contributed by atoms with Gasteiger partial charge in [-0.3, -0.25) is 0 Å². The van der Waals surface area contributed by atoms with Gasteiger partial charge in [0.25, 0.3) is 0 Å². The molecule has 6 heteroatoms. The fraction of sp³-hybridized carbons (Fsp3) is 0.130. The van der Waals surface area contributed by atoms with Crippen molar-refractivity contribution in [3.8, 4) is 11.1 Å². The van der Waals surface area contributed by atoms with Gasteiger partial charge in [-0.2, -0.15) is 0 Å². The van der Waals surface area contributed by atoms with Crippen LogP contribution in [0.5, 0.6) is 0 Å². The second-order valence-corrected chi connectivity index (χ2v) is 6.80. The zero-order valence-electron chi connectivity index (χ0n) is 15.3. The Balaban J connectivity index is 1.49. The van der Waals surface area contributed by atoms with Crippen molar-refractivity contribution in [2.45, 2.75) is 12.0 Å². The van der Waals surface area contributed by atoms with E-state index in [9.17, 15) is 19.1 Å². The predicted molar refractivity (Wildman–Crippen MR) is 105 cm³/mol. The van der Waals surface area contributed by atoms with E-state index in [2.05, 4.69) is 5.32 Å². The van der Waals surface area contributed by atoms with Crippen molar-refractivity contribution in [3.63, 3.8) is 0 Å². The number of alkyl carbamates (subject to hydrolysis) is 1. The van der Waals surface area contributed by atoms with Crippen LogP contribution in [0, 0.1) is 5.82 Å². The van der Waals surface area contributed by atoms with Gasteiger partial charge in [-0.05, 0) is 39.9 Å². The number of hydrogen-bond donors (Lipinski definition) is 2. The molecule has 0 heterocycles. The fourth-order valence-electron chi connectivity index (χ4n) is 3.73. The molecule has 0 spiro atoms. The lowest BCUT2D eigenvalue weighted by molar-refractivity contribution is -0.139. The Morgan fingerprint density at radius 1 is 0.966 bits per heavy atom. The first-order chi connectivity index (χ1) is 14.0. The molecule has 1 aliphatic rings. The molecule has 3 aromatic rings. The zero-order valence-corrected chi connectivity index (χ0v) is 15.3. The summed E-state index contributed by atoms with van der Waals surface area (Å²) in [7, 11) is 0. The van der Waals surface area contributed by atoms with E-state index in [1.54, 1.807) is 0 Å². The minimum Gasteiger partial charge on any atom is -0.479 e. The number of carboxylic acids is 1. The number of amides is 1. The summed E-state index contributed by atoms with van der Waals surface area (Å²) >= 11 is 0. The lowest BCUT2D eigenvalue weighted by Gasteiger charge is -2.17. The van der Waals surface area contributed by atoms with Crippen LogP contribution in [0.1, 0.15) is 28.7 Å². The van der Waals surface area contributed by atoms with E-state index in [4.69, 9.17) is 4.74 Å². The van der Waals surface area contributed by atoms with E-state index in [-0.39, 0.29) is 18.1 Å². The molecule has 1 amide bonds. The maximum absolute atomic E-state index is 13.4. The Morgan fingerprint density at radius 2 is 1.59 bits per heavy atom. The summed E-state index contributed by atoms with van der Waals surface area (Å²) in [5, 5.41) is 11.7. The van der Waals surface area contributed by atoms with Crippen LogP contribution < -0.4 is 5.32 Å². The van der Waals surface area contributed by atoms with Gasteiger partial charge in [-0.15, -0.1) is 0 Å². The van der Waals surface area contributed by atoms with Crippen molar-refractivity contribution < 1.29 is 23.8 Å². The normalized spacial score (nSPS) is 13.3. The molecule has 5 nitrogen and oxygen atoms in total. The van der Waals surface area contributed by atoms with Crippen LogP contribution in [0.15, 0.2) is 72.8 Å². The molecule has 146 valence electrons. The third-order valence-corrected chi connectivity index (χ3v) is 5.03. The van der Waals surface area contributed by atoms with Gasteiger partial charge in [0, 0.05) is 5.92 Å². The molecule has 0 saturated carbocycles. The maximum Gasteiger partial charge on any atom is 0.408 e. The molecule has 0 saturated heterocycles. The number of hydrogen-bond acceptors (Lipinski definition) is 3. The van der Waals surface area contributed by atoms with Gasteiger partial charge in [-0.1, -0.05) is 60.7 Å². The smallest absolute Gasteiger partial charge is 0.408 e. The largest absolute Gasteiger partial charge is 0.479 e. The highest BCUT2D eigenvalue weighted by atomic mass is 19.1. The highest BCUT2D eigenvalue weighted by Gasteiger charge is 2.30.